The van der Waals surface area contributed by atoms with Crippen LogP contribution >= 0.6 is 0 Å². The van der Waals surface area contributed by atoms with E-state index in [0.29, 0.717) is 17.2 Å². The van der Waals surface area contributed by atoms with Gasteiger partial charge in [-0.1, -0.05) is 19.9 Å². The van der Waals surface area contributed by atoms with E-state index in [4.69, 9.17) is 10.5 Å². The summed E-state index contributed by atoms with van der Waals surface area (Å²) in [6.45, 7) is 4.05. The Hall–Kier alpha value is -1.03. The summed E-state index contributed by atoms with van der Waals surface area (Å²) in [4.78, 5) is 0. The van der Waals surface area contributed by atoms with Gasteiger partial charge in [0.2, 0.25) is 0 Å². The number of methoxy groups -OCH3 is 1. The summed E-state index contributed by atoms with van der Waals surface area (Å²) in [6.07, 6.45) is 0.929. The summed E-state index contributed by atoms with van der Waals surface area (Å²) in [5, 5.41) is 0.225. The fraction of sp³-hybridized carbons (Fsp3) is 0.500. The van der Waals surface area contributed by atoms with Crippen molar-refractivity contribution in [3.8, 4) is 5.75 Å². The van der Waals surface area contributed by atoms with Gasteiger partial charge in [0, 0.05) is 21.8 Å². The summed E-state index contributed by atoms with van der Waals surface area (Å²) in [5.41, 5.74) is 7.39. The van der Waals surface area contributed by atoms with Crippen LogP contribution in [0.2, 0.25) is 0 Å². The molecular formula is C12H19NO2S. The first-order valence-corrected chi connectivity index (χ1v) is 6.76. The van der Waals surface area contributed by atoms with E-state index in [1.54, 1.807) is 7.11 Å². The minimum absolute atomic E-state index is 0.225. The molecule has 90 valence electrons. The van der Waals surface area contributed by atoms with Crippen molar-refractivity contribution in [1.82, 2.24) is 0 Å². The molecule has 3 nitrogen and oxygen atoms in total. The lowest BCUT2D eigenvalue weighted by Crippen LogP contribution is -2.11. The summed E-state index contributed by atoms with van der Waals surface area (Å²) in [6, 6.07) is 5.56. The fourth-order valence-electron chi connectivity index (χ4n) is 1.37. The minimum Gasteiger partial charge on any atom is -0.495 e. The van der Waals surface area contributed by atoms with E-state index in [0.717, 1.165) is 12.0 Å². The first-order chi connectivity index (χ1) is 7.58. The third-order valence-electron chi connectivity index (χ3n) is 2.63. The Morgan fingerprint density at radius 1 is 1.50 bits per heavy atom. The maximum atomic E-state index is 11.8. The molecule has 0 saturated carbocycles. The summed E-state index contributed by atoms with van der Waals surface area (Å²) in [7, 11) is 0.757. The third kappa shape index (κ3) is 3.23. The van der Waals surface area contributed by atoms with Crippen LogP contribution in [0, 0.1) is 0 Å². The number of benzene rings is 1. The zero-order valence-corrected chi connectivity index (χ0v) is 10.8. The van der Waals surface area contributed by atoms with E-state index in [2.05, 4.69) is 0 Å². The van der Waals surface area contributed by atoms with Gasteiger partial charge in [-0.05, 0) is 24.1 Å². The highest BCUT2D eigenvalue weighted by Crippen LogP contribution is 2.23. The predicted octanol–water partition coefficient (Wildman–Crippen LogP) is 2.32. The molecule has 1 aromatic carbocycles. The van der Waals surface area contributed by atoms with E-state index in [1.165, 1.54) is 0 Å². The number of nitrogens with two attached hydrogens (primary N) is 1. The Labute approximate surface area is 99.4 Å². The predicted molar refractivity (Wildman–Crippen MR) is 69.0 cm³/mol. The standard InChI is InChI=1S/C12H19NO2S/c1-4-9(2)16(14)8-10-5-6-12(15-3)11(13)7-10/h5-7,9H,4,8,13H2,1-3H3. The van der Waals surface area contributed by atoms with Crippen LogP contribution in [0.3, 0.4) is 0 Å². The minimum atomic E-state index is -0.829. The van der Waals surface area contributed by atoms with Gasteiger partial charge in [0.25, 0.3) is 0 Å². The Balaban J connectivity index is 2.75. The average molecular weight is 241 g/mol. The van der Waals surface area contributed by atoms with Crippen LogP contribution in [0.5, 0.6) is 5.75 Å². The number of hydrogen-bond acceptors (Lipinski definition) is 3. The van der Waals surface area contributed by atoms with E-state index in [-0.39, 0.29) is 5.25 Å². The largest absolute Gasteiger partial charge is 0.495 e. The molecule has 2 unspecified atom stereocenters. The van der Waals surface area contributed by atoms with Gasteiger partial charge >= 0.3 is 0 Å². The van der Waals surface area contributed by atoms with Gasteiger partial charge in [-0.3, -0.25) is 4.21 Å². The summed E-state index contributed by atoms with van der Waals surface area (Å²) < 4.78 is 16.9. The molecule has 0 radical (unpaired) electrons. The van der Waals surface area contributed by atoms with Crippen LogP contribution in [0.1, 0.15) is 25.8 Å². The molecule has 0 aliphatic heterocycles. The van der Waals surface area contributed by atoms with E-state index in [1.807, 2.05) is 32.0 Å². The monoisotopic (exact) mass is 241 g/mol. The molecule has 0 aliphatic rings. The normalized spacial score (nSPS) is 14.4. The highest BCUT2D eigenvalue weighted by atomic mass is 32.2. The van der Waals surface area contributed by atoms with E-state index >= 15 is 0 Å². The maximum Gasteiger partial charge on any atom is 0.141 e. The number of rotatable bonds is 5. The van der Waals surface area contributed by atoms with Crippen LogP contribution in [0.15, 0.2) is 18.2 Å². The van der Waals surface area contributed by atoms with Gasteiger partial charge in [0.15, 0.2) is 0 Å². The van der Waals surface area contributed by atoms with Crippen molar-refractivity contribution in [2.45, 2.75) is 31.3 Å². The number of hydrogen-bond donors (Lipinski definition) is 1. The molecule has 0 aromatic heterocycles. The van der Waals surface area contributed by atoms with Gasteiger partial charge in [0.1, 0.15) is 5.75 Å². The second-order valence-corrected chi connectivity index (χ2v) is 5.68. The molecule has 2 atom stereocenters. The molecule has 1 rings (SSSR count). The highest BCUT2D eigenvalue weighted by Gasteiger charge is 2.10. The van der Waals surface area contributed by atoms with Crippen LogP contribution in [0.4, 0.5) is 5.69 Å². The van der Waals surface area contributed by atoms with E-state index in [9.17, 15) is 4.21 Å². The second kappa shape index (κ2) is 5.89. The lowest BCUT2D eigenvalue weighted by molar-refractivity contribution is 0.417. The number of anilines is 1. The van der Waals surface area contributed by atoms with Crippen LogP contribution < -0.4 is 10.5 Å². The van der Waals surface area contributed by atoms with Crippen LogP contribution in [-0.4, -0.2) is 16.6 Å². The Morgan fingerprint density at radius 2 is 2.19 bits per heavy atom. The van der Waals surface area contributed by atoms with Gasteiger partial charge in [-0.15, -0.1) is 0 Å². The van der Waals surface area contributed by atoms with Crippen LogP contribution in [0.25, 0.3) is 0 Å². The smallest absolute Gasteiger partial charge is 0.141 e. The zero-order valence-electron chi connectivity index (χ0n) is 10.0. The van der Waals surface area contributed by atoms with Gasteiger partial charge in [-0.2, -0.15) is 0 Å². The molecule has 0 heterocycles. The highest BCUT2D eigenvalue weighted by molar-refractivity contribution is 7.84. The zero-order chi connectivity index (χ0) is 12.1. The quantitative estimate of drug-likeness (QED) is 0.805. The Morgan fingerprint density at radius 3 is 2.69 bits per heavy atom. The first kappa shape index (κ1) is 13.0. The second-order valence-electron chi connectivity index (χ2n) is 3.82. The van der Waals surface area contributed by atoms with Crippen molar-refractivity contribution in [2.24, 2.45) is 0 Å². The van der Waals surface area contributed by atoms with Gasteiger partial charge < -0.3 is 10.5 Å². The average Bonchev–Trinajstić information content (AvgIpc) is 2.28. The molecule has 0 saturated heterocycles. The molecule has 0 aliphatic carbocycles. The van der Waals surface area contributed by atoms with Gasteiger partial charge in [-0.25, -0.2) is 0 Å². The molecule has 0 amide bonds. The van der Waals surface area contributed by atoms with Crippen molar-refractivity contribution >= 4 is 16.5 Å². The molecule has 0 fully saturated rings. The molecule has 4 heteroatoms. The molecule has 0 bridgehead atoms. The third-order valence-corrected chi connectivity index (χ3v) is 4.48. The topological polar surface area (TPSA) is 52.3 Å². The number of ether oxygens (including phenoxy) is 1. The summed E-state index contributed by atoms with van der Waals surface area (Å²) >= 11 is 0. The fourth-order valence-corrected chi connectivity index (χ4v) is 2.53. The van der Waals surface area contributed by atoms with Crippen LogP contribution in [-0.2, 0) is 16.6 Å². The summed E-state index contributed by atoms with van der Waals surface area (Å²) in [5.74, 6) is 1.22. The number of nitrogen functional groups attached to an aromatic ring is 1. The molecule has 16 heavy (non-hydrogen) atoms. The molecule has 2 N–H and O–H groups in total. The van der Waals surface area contributed by atoms with Crippen molar-refractivity contribution in [3.63, 3.8) is 0 Å². The van der Waals surface area contributed by atoms with E-state index < -0.39 is 10.8 Å². The lowest BCUT2D eigenvalue weighted by atomic mass is 10.2. The van der Waals surface area contributed by atoms with Gasteiger partial charge in [0.05, 0.1) is 12.8 Å². The molecule has 0 spiro atoms. The van der Waals surface area contributed by atoms with Crippen molar-refractivity contribution in [3.05, 3.63) is 23.8 Å². The SMILES string of the molecule is CCC(C)S(=O)Cc1ccc(OC)c(N)c1. The lowest BCUT2D eigenvalue weighted by Gasteiger charge is -2.10. The van der Waals surface area contributed by atoms with Crippen molar-refractivity contribution in [2.75, 3.05) is 12.8 Å². The van der Waals surface area contributed by atoms with Crippen molar-refractivity contribution in [1.29, 1.82) is 0 Å². The molecule has 1 aromatic rings. The first-order valence-electron chi connectivity index (χ1n) is 5.38. The molecular weight excluding hydrogens is 222 g/mol. The Kier molecular flexibility index (Phi) is 4.80. The maximum absolute atomic E-state index is 11.8. The van der Waals surface area contributed by atoms with Crippen molar-refractivity contribution < 1.29 is 8.95 Å². The Bertz CT molecular complexity index is 379.